The lowest BCUT2D eigenvalue weighted by Gasteiger charge is -2.26. The molecule has 1 unspecified atom stereocenters. The van der Waals surface area contributed by atoms with Crippen LogP contribution in [0, 0.1) is 0 Å². The zero-order valence-electron chi connectivity index (χ0n) is 14.1. The second-order valence-corrected chi connectivity index (χ2v) is 6.18. The van der Waals surface area contributed by atoms with Gasteiger partial charge in [0, 0.05) is 6.20 Å². The second-order valence-electron chi connectivity index (χ2n) is 6.18. The lowest BCUT2D eigenvalue weighted by Crippen LogP contribution is -3.06. The number of aromatic nitrogens is 1. The first-order valence-electron chi connectivity index (χ1n) is 8.03. The highest BCUT2D eigenvalue weighted by Crippen LogP contribution is 2.37. The quantitative estimate of drug-likeness (QED) is 0.742. The number of carbonyl (C=O) groups is 2. The molecule has 130 valence electrons. The summed E-state index contributed by atoms with van der Waals surface area (Å²) >= 11 is 0. The van der Waals surface area contributed by atoms with Crippen molar-refractivity contribution < 1.29 is 24.0 Å². The molecule has 2 aromatic rings. The summed E-state index contributed by atoms with van der Waals surface area (Å²) in [4.78, 5) is 32.3. The minimum Gasteiger partial charge on any atom is -0.503 e. The third-order valence-electron chi connectivity index (χ3n) is 4.11. The van der Waals surface area contributed by atoms with Gasteiger partial charge in [0.25, 0.3) is 5.91 Å². The number of quaternary nitrogens is 1. The van der Waals surface area contributed by atoms with Gasteiger partial charge in [0.05, 0.1) is 44.7 Å². The van der Waals surface area contributed by atoms with Gasteiger partial charge in [-0.1, -0.05) is 6.07 Å². The minimum atomic E-state index is -0.731. The number of Topliss-reactive ketones (excluding diaryl/α,β-unsaturated/α-hetero) is 1. The molecule has 2 N–H and O–H groups in total. The molecule has 0 saturated carbocycles. The van der Waals surface area contributed by atoms with Crippen LogP contribution in [0.5, 0.6) is 0 Å². The highest BCUT2D eigenvalue weighted by atomic mass is 16.3. The topological polar surface area (TPSA) is 88.1 Å². The van der Waals surface area contributed by atoms with Gasteiger partial charge in [0.1, 0.15) is 6.04 Å². The van der Waals surface area contributed by atoms with Gasteiger partial charge in [-0.3, -0.25) is 14.6 Å². The number of carbonyl (C=O) groups excluding carboxylic acids is 2. The standard InChI is InChI=1S/C18H19N3O4/c1-20(2)9-10-21-15(12-6-3-4-8-19-12)14(17(23)18(21)24)16(22)13-7-5-11-25-13/h3-8,11,15,23H,9-10H2,1-2H3/p+1. The molecule has 0 bridgehead atoms. The Hall–Kier alpha value is -2.93. The van der Waals surface area contributed by atoms with E-state index in [0.29, 0.717) is 18.8 Å². The highest BCUT2D eigenvalue weighted by molar-refractivity contribution is 6.14. The van der Waals surface area contributed by atoms with Crippen LogP contribution < -0.4 is 4.90 Å². The molecule has 2 aromatic heterocycles. The molecule has 0 aromatic carbocycles. The normalized spacial score (nSPS) is 17.6. The largest absolute Gasteiger partial charge is 0.503 e. The molecule has 1 atom stereocenters. The first-order valence-corrected chi connectivity index (χ1v) is 8.03. The first kappa shape index (κ1) is 16.9. The summed E-state index contributed by atoms with van der Waals surface area (Å²) in [5.74, 6) is -1.53. The number of nitrogens with one attached hydrogen (secondary N) is 1. The van der Waals surface area contributed by atoms with Crippen LogP contribution >= 0.6 is 0 Å². The fourth-order valence-electron chi connectivity index (χ4n) is 2.85. The summed E-state index contributed by atoms with van der Waals surface area (Å²) in [5, 5.41) is 10.4. The Labute approximate surface area is 145 Å². The molecule has 7 nitrogen and oxygen atoms in total. The molecule has 0 spiro atoms. The smallest absolute Gasteiger partial charge is 0.290 e. The molecule has 0 fully saturated rings. The Morgan fingerprint density at radius 3 is 2.72 bits per heavy atom. The summed E-state index contributed by atoms with van der Waals surface area (Å²) in [7, 11) is 3.94. The number of pyridine rings is 1. The zero-order valence-corrected chi connectivity index (χ0v) is 14.1. The number of aliphatic hydroxyl groups excluding tert-OH is 1. The molecule has 1 amide bonds. The Morgan fingerprint density at radius 1 is 1.32 bits per heavy atom. The van der Waals surface area contributed by atoms with Crippen LogP contribution in [0.2, 0.25) is 0 Å². The lowest BCUT2D eigenvalue weighted by atomic mass is 9.98. The summed E-state index contributed by atoms with van der Waals surface area (Å²) in [6, 6.07) is 7.64. The number of aliphatic hydroxyl groups is 1. The van der Waals surface area contributed by atoms with E-state index in [4.69, 9.17) is 4.42 Å². The van der Waals surface area contributed by atoms with E-state index in [1.165, 1.54) is 17.2 Å². The molecule has 0 aliphatic carbocycles. The van der Waals surface area contributed by atoms with Crippen molar-refractivity contribution in [3.63, 3.8) is 0 Å². The molecule has 0 radical (unpaired) electrons. The highest BCUT2D eigenvalue weighted by Gasteiger charge is 2.45. The van der Waals surface area contributed by atoms with Crippen molar-refractivity contribution in [1.82, 2.24) is 9.88 Å². The van der Waals surface area contributed by atoms with Gasteiger partial charge in [-0.25, -0.2) is 0 Å². The SMILES string of the molecule is C[NH+](C)CCN1C(=O)C(O)=C(C(=O)c2ccco2)C1c1ccccn1. The van der Waals surface area contributed by atoms with Crippen LogP contribution in [0.3, 0.4) is 0 Å². The molecule has 3 rings (SSSR count). The Balaban J connectivity index is 2.04. The van der Waals surface area contributed by atoms with E-state index in [9.17, 15) is 14.7 Å². The first-order chi connectivity index (χ1) is 12.0. The van der Waals surface area contributed by atoms with Gasteiger partial charge in [0.15, 0.2) is 11.5 Å². The number of rotatable bonds is 6. The molecular formula is C18H20N3O4+. The van der Waals surface area contributed by atoms with Crippen LogP contribution in [-0.4, -0.2) is 53.9 Å². The maximum Gasteiger partial charge on any atom is 0.290 e. The van der Waals surface area contributed by atoms with E-state index in [0.717, 1.165) is 4.90 Å². The number of ketones is 1. The molecule has 25 heavy (non-hydrogen) atoms. The van der Waals surface area contributed by atoms with E-state index in [1.54, 1.807) is 30.5 Å². The molecule has 1 aliphatic rings. The minimum absolute atomic E-state index is 0.00686. The summed E-state index contributed by atoms with van der Waals surface area (Å²) in [5.41, 5.74) is 0.538. The van der Waals surface area contributed by atoms with Crippen molar-refractivity contribution in [3.8, 4) is 0 Å². The van der Waals surface area contributed by atoms with E-state index in [-0.39, 0.29) is 11.3 Å². The van der Waals surface area contributed by atoms with Gasteiger partial charge in [0.2, 0.25) is 5.78 Å². The van der Waals surface area contributed by atoms with Crippen molar-refractivity contribution in [2.45, 2.75) is 6.04 Å². The van der Waals surface area contributed by atoms with Gasteiger partial charge >= 0.3 is 0 Å². The monoisotopic (exact) mass is 342 g/mol. The van der Waals surface area contributed by atoms with Crippen molar-refractivity contribution in [2.24, 2.45) is 0 Å². The van der Waals surface area contributed by atoms with E-state index in [1.807, 2.05) is 14.1 Å². The molecular weight excluding hydrogens is 322 g/mol. The average Bonchev–Trinajstić information content (AvgIpc) is 3.22. The van der Waals surface area contributed by atoms with Crippen molar-refractivity contribution in [2.75, 3.05) is 27.2 Å². The van der Waals surface area contributed by atoms with Gasteiger partial charge in [-0.2, -0.15) is 0 Å². The molecule has 1 aliphatic heterocycles. The maximum absolute atomic E-state index is 12.8. The number of hydrogen-bond acceptors (Lipinski definition) is 5. The van der Waals surface area contributed by atoms with E-state index in [2.05, 4.69) is 4.98 Å². The number of hydrogen-bond donors (Lipinski definition) is 2. The predicted octanol–water partition coefficient (Wildman–Crippen LogP) is 0.397. The number of amides is 1. The van der Waals surface area contributed by atoms with Gasteiger partial charge < -0.3 is 19.3 Å². The van der Waals surface area contributed by atoms with Crippen LogP contribution in [0.4, 0.5) is 0 Å². The van der Waals surface area contributed by atoms with Gasteiger partial charge in [-0.05, 0) is 24.3 Å². The van der Waals surface area contributed by atoms with Crippen LogP contribution in [0.15, 0.2) is 58.5 Å². The predicted molar refractivity (Wildman–Crippen MR) is 89.1 cm³/mol. The fraction of sp³-hybridized carbons (Fsp3) is 0.278. The van der Waals surface area contributed by atoms with E-state index >= 15 is 0 Å². The second kappa shape index (κ2) is 6.90. The van der Waals surface area contributed by atoms with Crippen LogP contribution in [0.25, 0.3) is 0 Å². The Kier molecular flexibility index (Phi) is 4.67. The summed E-state index contributed by atoms with van der Waals surface area (Å²) in [6.45, 7) is 1.06. The third-order valence-corrected chi connectivity index (χ3v) is 4.11. The van der Waals surface area contributed by atoms with Crippen molar-refractivity contribution in [3.05, 3.63) is 65.6 Å². The number of nitrogens with zero attached hydrogens (tertiary/aromatic N) is 2. The third kappa shape index (κ3) is 3.18. The molecule has 0 saturated heterocycles. The summed E-state index contributed by atoms with van der Waals surface area (Å²) in [6.07, 6.45) is 2.98. The number of likely N-dealkylation sites (N-methyl/N-ethyl adjacent to an activating group) is 1. The number of furan rings is 1. The Bertz CT molecular complexity index is 797. The van der Waals surface area contributed by atoms with Crippen LogP contribution in [0.1, 0.15) is 22.3 Å². The molecule has 7 heteroatoms. The van der Waals surface area contributed by atoms with E-state index < -0.39 is 23.5 Å². The summed E-state index contributed by atoms with van der Waals surface area (Å²) < 4.78 is 5.16. The van der Waals surface area contributed by atoms with Crippen molar-refractivity contribution in [1.29, 1.82) is 0 Å². The average molecular weight is 342 g/mol. The van der Waals surface area contributed by atoms with Gasteiger partial charge in [-0.15, -0.1) is 0 Å². The van der Waals surface area contributed by atoms with Crippen molar-refractivity contribution >= 4 is 11.7 Å². The maximum atomic E-state index is 12.8. The fourth-order valence-corrected chi connectivity index (χ4v) is 2.85. The van der Waals surface area contributed by atoms with Crippen LogP contribution in [-0.2, 0) is 4.79 Å². The molecule has 3 heterocycles. The zero-order chi connectivity index (χ0) is 18.0. The lowest BCUT2D eigenvalue weighted by molar-refractivity contribution is -0.857. The Morgan fingerprint density at radius 2 is 2.12 bits per heavy atom.